The largest absolute Gasteiger partial charge is 0.436 e. The van der Waals surface area contributed by atoms with Crippen LogP contribution in [-0.2, 0) is 11.2 Å². The Balaban J connectivity index is 1.34. The zero-order valence-electron chi connectivity index (χ0n) is 21.0. The van der Waals surface area contributed by atoms with Crippen LogP contribution < -0.4 is 4.74 Å². The monoisotopic (exact) mass is 546 g/mol. The molecular formula is C34H26O3S2. The second-order valence-electron chi connectivity index (χ2n) is 9.22. The van der Waals surface area contributed by atoms with Gasteiger partial charge in [0.25, 0.3) is 0 Å². The van der Waals surface area contributed by atoms with Gasteiger partial charge < -0.3 is 14.9 Å². The Morgan fingerprint density at radius 2 is 0.667 bits per heavy atom. The fraction of sp³-hybridized carbons (Fsp3) is 0.0588. The fourth-order valence-electron chi connectivity index (χ4n) is 4.86. The van der Waals surface area contributed by atoms with Gasteiger partial charge in [-0.25, -0.2) is 0 Å². The van der Waals surface area contributed by atoms with Crippen LogP contribution in [0.4, 0.5) is 0 Å². The molecule has 192 valence electrons. The molecule has 0 aliphatic heterocycles. The van der Waals surface area contributed by atoms with Crippen molar-refractivity contribution < 1.29 is 14.9 Å². The summed E-state index contributed by atoms with van der Waals surface area (Å²) < 4.78 is 6.29. The molecule has 0 saturated heterocycles. The molecule has 0 fully saturated rings. The topological polar surface area (TPSA) is 49.7 Å². The van der Waals surface area contributed by atoms with Crippen LogP contribution in [0.2, 0.25) is 0 Å². The minimum absolute atomic E-state index is 0.659. The number of aliphatic hydroxyl groups is 2. The normalized spacial score (nSPS) is 11.8. The van der Waals surface area contributed by atoms with E-state index in [1.54, 1.807) is 0 Å². The van der Waals surface area contributed by atoms with Crippen molar-refractivity contribution in [2.45, 2.75) is 11.2 Å². The average Bonchev–Trinajstić information content (AvgIpc) is 3.69. The third-order valence-corrected chi connectivity index (χ3v) is 8.99. The van der Waals surface area contributed by atoms with Crippen LogP contribution in [0.15, 0.2) is 146 Å². The van der Waals surface area contributed by atoms with Crippen molar-refractivity contribution in [1.82, 2.24) is 0 Å². The zero-order valence-corrected chi connectivity index (χ0v) is 22.6. The van der Waals surface area contributed by atoms with E-state index in [-0.39, 0.29) is 0 Å². The Morgan fingerprint density at radius 1 is 0.385 bits per heavy atom. The molecule has 0 bridgehead atoms. The van der Waals surface area contributed by atoms with E-state index in [9.17, 15) is 10.2 Å². The van der Waals surface area contributed by atoms with Crippen LogP contribution in [0, 0.1) is 0 Å². The summed E-state index contributed by atoms with van der Waals surface area (Å²) in [5.74, 6) is 0. The first-order valence-corrected chi connectivity index (χ1v) is 14.3. The van der Waals surface area contributed by atoms with Crippen LogP contribution in [0.25, 0.3) is 0 Å². The first kappa shape index (κ1) is 25.3. The molecule has 0 saturated carbocycles. The van der Waals surface area contributed by atoms with Gasteiger partial charge in [-0.1, -0.05) is 144 Å². The van der Waals surface area contributed by atoms with E-state index in [2.05, 4.69) is 0 Å². The molecule has 0 spiro atoms. The van der Waals surface area contributed by atoms with E-state index in [4.69, 9.17) is 4.74 Å². The Morgan fingerprint density at radius 3 is 0.949 bits per heavy atom. The highest BCUT2D eigenvalue weighted by Crippen LogP contribution is 2.46. The maximum atomic E-state index is 12.1. The molecule has 0 unspecified atom stereocenters. The molecule has 0 atom stereocenters. The molecule has 39 heavy (non-hydrogen) atoms. The molecule has 6 rings (SSSR count). The zero-order chi connectivity index (χ0) is 26.7. The molecule has 2 heterocycles. The Bertz CT molecular complexity index is 1440. The summed E-state index contributed by atoms with van der Waals surface area (Å²) >= 11 is 2.81. The molecule has 2 aromatic heterocycles. The summed E-state index contributed by atoms with van der Waals surface area (Å²) in [5, 5.41) is 25.5. The molecule has 6 aromatic rings. The summed E-state index contributed by atoms with van der Waals surface area (Å²) in [5.41, 5.74) is 0.544. The van der Waals surface area contributed by atoms with Gasteiger partial charge in [0.15, 0.2) is 10.1 Å². The van der Waals surface area contributed by atoms with Crippen LogP contribution in [-0.4, -0.2) is 10.2 Å². The second kappa shape index (κ2) is 10.6. The van der Waals surface area contributed by atoms with Crippen LogP contribution >= 0.6 is 22.7 Å². The molecule has 0 aliphatic carbocycles. The lowest BCUT2D eigenvalue weighted by atomic mass is 9.85. The number of hydrogen-bond acceptors (Lipinski definition) is 5. The predicted molar refractivity (Wildman–Crippen MR) is 159 cm³/mol. The molecule has 4 aromatic carbocycles. The average molecular weight is 547 g/mol. The van der Waals surface area contributed by atoms with E-state index in [0.29, 0.717) is 10.1 Å². The van der Waals surface area contributed by atoms with Gasteiger partial charge in [0.1, 0.15) is 11.2 Å². The van der Waals surface area contributed by atoms with Crippen molar-refractivity contribution in [3.8, 4) is 10.1 Å². The summed E-state index contributed by atoms with van der Waals surface area (Å²) in [6.45, 7) is 0. The summed E-state index contributed by atoms with van der Waals surface area (Å²) in [6.07, 6.45) is 0. The van der Waals surface area contributed by atoms with Gasteiger partial charge in [-0.2, -0.15) is 0 Å². The molecular weight excluding hydrogens is 521 g/mol. The third kappa shape index (κ3) is 4.71. The van der Waals surface area contributed by atoms with Crippen molar-refractivity contribution in [1.29, 1.82) is 0 Å². The van der Waals surface area contributed by atoms with Crippen LogP contribution in [0.3, 0.4) is 0 Å². The lowest BCUT2D eigenvalue weighted by molar-refractivity contribution is 0.129. The summed E-state index contributed by atoms with van der Waals surface area (Å²) in [7, 11) is 0. The molecule has 0 radical (unpaired) electrons. The maximum Gasteiger partial charge on any atom is 0.182 e. The van der Waals surface area contributed by atoms with Gasteiger partial charge >= 0.3 is 0 Å². The Kier molecular flexibility index (Phi) is 6.90. The minimum Gasteiger partial charge on any atom is -0.436 e. The Hall–Kier alpha value is -4.00. The maximum absolute atomic E-state index is 12.1. The van der Waals surface area contributed by atoms with Gasteiger partial charge in [0.2, 0.25) is 0 Å². The van der Waals surface area contributed by atoms with Gasteiger partial charge in [0.05, 0.1) is 0 Å². The van der Waals surface area contributed by atoms with E-state index in [1.165, 1.54) is 22.7 Å². The van der Waals surface area contributed by atoms with Crippen molar-refractivity contribution in [3.05, 3.63) is 178 Å². The van der Waals surface area contributed by atoms with Crippen LogP contribution in [0.1, 0.15) is 32.0 Å². The standard InChI is InChI=1S/C34H26O3S2/c35-33(25-13-5-1-6-14-25,26-15-7-2-8-16-26)29-21-23-31(38-29)37-32-24-22-30(39-32)34(36,27-17-9-3-10-18-27)28-19-11-4-12-20-28/h1-24,35-36H. The third-order valence-electron chi connectivity index (χ3n) is 6.84. The van der Waals surface area contributed by atoms with Crippen molar-refractivity contribution in [2.24, 2.45) is 0 Å². The van der Waals surface area contributed by atoms with E-state index in [0.717, 1.165) is 32.0 Å². The Labute approximate surface area is 235 Å². The second-order valence-corrected chi connectivity index (χ2v) is 11.3. The smallest absolute Gasteiger partial charge is 0.182 e. The first-order chi connectivity index (χ1) is 19.1. The minimum atomic E-state index is -1.31. The molecule has 2 N–H and O–H groups in total. The SMILES string of the molecule is OC(c1ccccc1)(c1ccccc1)c1ccc(Oc2ccc(C(O)(c3ccccc3)c3ccccc3)s2)s1. The van der Waals surface area contributed by atoms with E-state index >= 15 is 0 Å². The van der Waals surface area contributed by atoms with Crippen molar-refractivity contribution in [2.75, 3.05) is 0 Å². The molecule has 3 nitrogen and oxygen atoms in total. The lowest BCUT2D eigenvalue weighted by Crippen LogP contribution is -2.27. The highest BCUT2D eigenvalue weighted by atomic mass is 32.1. The lowest BCUT2D eigenvalue weighted by Gasteiger charge is -2.28. The van der Waals surface area contributed by atoms with Crippen LogP contribution in [0.5, 0.6) is 10.1 Å². The first-order valence-electron chi connectivity index (χ1n) is 12.6. The predicted octanol–water partition coefficient (Wildman–Crippen LogP) is 8.17. The summed E-state index contributed by atoms with van der Waals surface area (Å²) in [4.78, 5) is 1.52. The van der Waals surface area contributed by atoms with E-state index < -0.39 is 11.2 Å². The molecule has 0 aliphatic rings. The number of benzene rings is 4. The van der Waals surface area contributed by atoms with Gasteiger partial charge in [0, 0.05) is 9.75 Å². The number of hydrogen-bond donors (Lipinski definition) is 2. The summed E-state index contributed by atoms with van der Waals surface area (Å²) in [6, 6.07) is 46.3. The van der Waals surface area contributed by atoms with Crippen molar-refractivity contribution >= 4 is 22.7 Å². The van der Waals surface area contributed by atoms with Gasteiger partial charge in [-0.3, -0.25) is 0 Å². The highest BCUT2D eigenvalue weighted by Gasteiger charge is 2.37. The number of ether oxygens (including phenoxy) is 1. The molecule has 0 amide bonds. The molecule has 5 heteroatoms. The van der Waals surface area contributed by atoms with Gasteiger partial charge in [-0.15, -0.1) is 0 Å². The number of rotatable bonds is 8. The quantitative estimate of drug-likeness (QED) is 0.202. The highest BCUT2D eigenvalue weighted by molar-refractivity contribution is 7.15. The van der Waals surface area contributed by atoms with Crippen molar-refractivity contribution in [3.63, 3.8) is 0 Å². The van der Waals surface area contributed by atoms with Gasteiger partial charge in [-0.05, 0) is 46.5 Å². The van der Waals surface area contributed by atoms with E-state index in [1.807, 2.05) is 146 Å². The fourth-order valence-corrected chi connectivity index (χ4v) is 6.92. The number of thiophene rings is 2.